The third-order valence-electron chi connectivity index (χ3n) is 6.11. The molecule has 1 N–H and O–H groups in total. The van der Waals surface area contributed by atoms with Gasteiger partial charge in [-0.3, -0.25) is 10.2 Å². The fourth-order valence-electron chi connectivity index (χ4n) is 4.74. The molecule has 1 aromatic rings. The van der Waals surface area contributed by atoms with Crippen molar-refractivity contribution in [3.8, 4) is 0 Å². The Morgan fingerprint density at radius 2 is 1.80 bits per heavy atom. The first-order valence-electron chi connectivity index (χ1n) is 10.8. The van der Waals surface area contributed by atoms with E-state index in [2.05, 4.69) is 24.4 Å². The molecule has 4 aliphatic rings. The van der Waals surface area contributed by atoms with Gasteiger partial charge in [0.25, 0.3) is 0 Å². The van der Waals surface area contributed by atoms with Gasteiger partial charge in [-0.2, -0.15) is 5.06 Å². The molecule has 8 heteroatoms. The number of nitrogens with zero attached hydrogens (tertiary/aromatic N) is 1. The number of ether oxygens (including phenoxy) is 5. The Labute approximate surface area is 177 Å². The molecule has 1 aromatic carbocycles. The predicted octanol–water partition coefficient (Wildman–Crippen LogP) is 2.14. The van der Waals surface area contributed by atoms with Gasteiger partial charge in [0.05, 0.1) is 6.61 Å². The van der Waals surface area contributed by atoms with Gasteiger partial charge >= 0.3 is 0 Å². The Bertz CT molecular complexity index is 774. The van der Waals surface area contributed by atoms with E-state index in [0.29, 0.717) is 13.2 Å². The van der Waals surface area contributed by atoms with Crippen molar-refractivity contribution in [1.29, 1.82) is 0 Å². The molecule has 0 aromatic heterocycles. The Kier molecular flexibility index (Phi) is 5.00. The normalized spacial score (nSPS) is 42.6. The largest absolute Gasteiger partial charge is 0.348 e. The van der Waals surface area contributed by atoms with Crippen molar-refractivity contribution in [2.24, 2.45) is 0 Å². The lowest BCUT2D eigenvalue weighted by Crippen LogP contribution is -2.65. The van der Waals surface area contributed by atoms with Crippen LogP contribution in [0.2, 0.25) is 0 Å². The minimum absolute atomic E-state index is 0.189. The van der Waals surface area contributed by atoms with Crippen molar-refractivity contribution >= 4 is 0 Å². The first-order chi connectivity index (χ1) is 14.2. The van der Waals surface area contributed by atoms with Crippen LogP contribution in [0.4, 0.5) is 0 Å². The van der Waals surface area contributed by atoms with Gasteiger partial charge < -0.3 is 23.7 Å². The maximum absolute atomic E-state index is 6.47. The SMILES string of the molecule is C[C@H]1CNC([C@@]23O[C@H]4COC(C)(C)O[C@H]4[C@@H]2OC(C)(C)O3)ON1Cc1ccccc1. The standard InChI is InChI=1S/C22H32N2O6/c1-14-11-23-19(29-24(14)12-15-9-7-6-8-10-15)22-18(28-21(4,5)30-22)17-16(26-22)13-25-20(2,3)27-17/h6-10,14,16-19,23H,11-13H2,1-5H3/t14-,16-,17+,18-,19?,22+/m0/s1. The molecule has 8 nitrogen and oxygen atoms in total. The van der Waals surface area contributed by atoms with Crippen molar-refractivity contribution in [2.45, 2.75) is 89.1 Å². The lowest BCUT2D eigenvalue weighted by molar-refractivity contribution is -0.373. The lowest BCUT2D eigenvalue weighted by atomic mass is 10.0. The lowest BCUT2D eigenvalue weighted by Gasteiger charge is -2.44. The monoisotopic (exact) mass is 420 g/mol. The van der Waals surface area contributed by atoms with Gasteiger partial charge in [0.2, 0.25) is 5.79 Å². The molecule has 4 aliphatic heterocycles. The molecule has 0 amide bonds. The second-order valence-corrected chi connectivity index (χ2v) is 9.51. The van der Waals surface area contributed by atoms with E-state index in [1.807, 2.05) is 51.0 Å². The summed E-state index contributed by atoms with van der Waals surface area (Å²) >= 11 is 0. The molecule has 4 saturated heterocycles. The number of nitrogens with one attached hydrogen (secondary N) is 1. The maximum Gasteiger partial charge on any atom is 0.243 e. The average Bonchev–Trinajstić information content (AvgIpc) is 3.12. The molecule has 166 valence electrons. The highest BCUT2D eigenvalue weighted by molar-refractivity contribution is 5.14. The van der Waals surface area contributed by atoms with Gasteiger partial charge in [0, 0.05) is 19.1 Å². The number of hydroxylamine groups is 2. The summed E-state index contributed by atoms with van der Waals surface area (Å²) in [6, 6.07) is 10.5. The van der Waals surface area contributed by atoms with Gasteiger partial charge in [0.1, 0.15) is 18.3 Å². The third-order valence-corrected chi connectivity index (χ3v) is 6.11. The van der Waals surface area contributed by atoms with E-state index in [9.17, 15) is 0 Å². The van der Waals surface area contributed by atoms with Gasteiger partial charge in [-0.05, 0) is 40.2 Å². The van der Waals surface area contributed by atoms with E-state index >= 15 is 0 Å². The van der Waals surface area contributed by atoms with Gasteiger partial charge in [0.15, 0.2) is 17.8 Å². The van der Waals surface area contributed by atoms with E-state index in [1.165, 1.54) is 5.56 Å². The fraction of sp³-hybridized carbons (Fsp3) is 0.727. The minimum Gasteiger partial charge on any atom is -0.348 e. The van der Waals surface area contributed by atoms with Crippen LogP contribution >= 0.6 is 0 Å². The molecule has 0 saturated carbocycles. The van der Waals surface area contributed by atoms with Crippen LogP contribution in [0, 0.1) is 0 Å². The zero-order valence-electron chi connectivity index (χ0n) is 18.3. The molecule has 0 aliphatic carbocycles. The molecule has 30 heavy (non-hydrogen) atoms. The van der Waals surface area contributed by atoms with E-state index < -0.39 is 29.7 Å². The molecule has 0 bridgehead atoms. The predicted molar refractivity (Wildman–Crippen MR) is 107 cm³/mol. The molecular weight excluding hydrogens is 388 g/mol. The number of hydrogen-bond donors (Lipinski definition) is 1. The van der Waals surface area contributed by atoms with Crippen molar-refractivity contribution in [2.75, 3.05) is 13.2 Å². The summed E-state index contributed by atoms with van der Waals surface area (Å²) in [7, 11) is 0. The van der Waals surface area contributed by atoms with Crippen molar-refractivity contribution in [1.82, 2.24) is 10.4 Å². The van der Waals surface area contributed by atoms with E-state index in [0.717, 1.165) is 6.54 Å². The third kappa shape index (κ3) is 3.59. The van der Waals surface area contributed by atoms with Crippen LogP contribution in [-0.2, 0) is 35.1 Å². The van der Waals surface area contributed by atoms with Gasteiger partial charge in [-0.1, -0.05) is 30.3 Å². The average molecular weight is 421 g/mol. The quantitative estimate of drug-likeness (QED) is 0.798. The smallest absolute Gasteiger partial charge is 0.243 e. The first-order valence-corrected chi connectivity index (χ1v) is 10.8. The Morgan fingerprint density at radius 1 is 1.03 bits per heavy atom. The van der Waals surface area contributed by atoms with Gasteiger partial charge in [-0.15, -0.1) is 0 Å². The zero-order valence-corrected chi connectivity index (χ0v) is 18.3. The Hall–Kier alpha value is -1.10. The van der Waals surface area contributed by atoms with Crippen molar-refractivity contribution < 1.29 is 28.5 Å². The van der Waals surface area contributed by atoms with Crippen LogP contribution in [0.5, 0.6) is 0 Å². The molecule has 0 spiro atoms. The van der Waals surface area contributed by atoms with Crippen LogP contribution in [0.3, 0.4) is 0 Å². The van der Waals surface area contributed by atoms with Gasteiger partial charge in [-0.25, -0.2) is 0 Å². The number of rotatable bonds is 3. The first kappa shape index (κ1) is 20.8. The molecular formula is C22H32N2O6. The van der Waals surface area contributed by atoms with E-state index in [-0.39, 0.29) is 18.2 Å². The minimum atomic E-state index is -1.13. The highest BCUT2D eigenvalue weighted by Gasteiger charge is 2.71. The number of hydrogen-bond acceptors (Lipinski definition) is 8. The van der Waals surface area contributed by atoms with Crippen LogP contribution < -0.4 is 5.32 Å². The number of fused-ring (bicyclic) bond motifs is 3. The van der Waals surface area contributed by atoms with E-state index in [1.54, 1.807) is 0 Å². The van der Waals surface area contributed by atoms with E-state index in [4.69, 9.17) is 28.5 Å². The summed E-state index contributed by atoms with van der Waals surface area (Å²) in [6.45, 7) is 11.5. The summed E-state index contributed by atoms with van der Waals surface area (Å²) in [6.07, 6.45) is -1.57. The number of benzene rings is 1. The summed E-state index contributed by atoms with van der Waals surface area (Å²) < 4.78 is 31.2. The molecule has 6 atom stereocenters. The summed E-state index contributed by atoms with van der Waals surface area (Å²) in [5, 5.41) is 5.46. The van der Waals surface area contributed by atoms with Crippen LogP contribution in [0.1, 0.15) is 40.2 Å². The highest BCUT2D eigenvalue weighted by Crippen LogP contribution is 2.51. The zero-order chi connectivity index (χ0) is 21.1. The summed E-state index contributed by atoms with van der Waals surface area (Å²) in [5.41, 5.74) is 1.18. The summed E-state index contributed by atoms with van der Waals surface area (Å²) in [4.78, 5) is 6.44. The molecule has 0 radical (unpaired) electrons. The molecule has 4 heterocycles. The molecule has 4 fully saturated rings. The fourth-order valence-corrected chi connectivity index (χ4v) is 4.74. The molecule has 5 rings (SSSR count). The van der Waals surface area contributed by atoms with Crippen LogP contribution in [0.25, 0.3) is 0 Å². The Balaban J connectivity index is 1.41. The highest BCUT2D eigenvalue weighted by atomic mass is 16.9. The van der Waals surface area contributed by atoms with Crippen molar-refractivity contribution in [3.05, 3.63) is 35.9 Å². The van der Waals surface area contributed by atoms with Crippen LogP contribution in [0.15, 0.2) is 30.3 Å². The Morgan fingerprint density at radius 3 is 2.57 bits per heavy atom. The van der Waals surface area contributed by atoms with Crippen LogP contribution in [-0.4, -0.2) is 66.2 Å². The van der Waals surface area contributed by atoms with Crippen molar-refractivity contribution in [3.63, 3.8) is 0 Å². The molecule has 1 unspecified atom stereocenters. The maximum atomic E-state index is 6.47. The second kappa shape index (κ2) is 7.21. The summed E-state index contributed by atoms with van der Waals surface area (Å²) in [5.74, 6) is -2.65. The topological polar surface area (TPSA) is 70.7 Å². The second-order valence-electron chi connectivity index (χ2n) is 9.51.